The van der Waals surface area contributed by atoms with Crippen LogP contribution in [0.3, 0.4) is 0 Å². The van der Waals surface area contributed by atoms with E-state index in [0.717, 1.165) is 18.5 Å². The zero-order valence-corrected chi connectivity index (χ0v) is 11.6. The molecule has 2 aromatic rings. The standard InChI is InChI=1S/C16H17ClFN/c1-2-11-19-16(12-7-4-3-5-8-12)15-13(17)9-6-10-14(15)18/h3-10,16,19H,2,11H2,1H3. The van der Waals surface area contributed by atoms with Crippen molar-refractivity contribution in [1.82, 2.24) is 5.32 Å². The Kier molecular flexibility index (Phi) is 4.94. The average Bonchev–Trinajstić information content (AvgIpc) is 2.43. The molecule has 0 fully saturated rings. The summed E-state index contributed by atoms with van der Waals surface area (Å²) in [4.78, 5) is 0. The molecule has 2 rings (SSSR count). The van der Waals surface area contributed by atoms with Crippen LogP contribution in [0.1, 0.15) is 30.5 Å². The first-order valence-corrected chi connectivity index (χ1v) is 6.84. The van der Waals surface area contributed by atoms with E-state index in [1.54, 1.807) is 12.1 Å². The quantitative estimate of drug-likeness (QED) is 0.844. The molecule has 0 amide bonds. The van der Waals surface area contributed by atoms with Gasteiger partial charge in [-0.1, -0.05) is 54.9 Å². The third-order valence-electron chi connectivity index (χ3n) is 3.02. The summed E-state index contributed by atoms with van der Waals surface area (Å²) in [5, 5.41) is 3.82. The Hall–Kier alpha value is -1.38. The number of nitrogens with one attached hydrogen (secondary N) is 1. The van der Waals surface area contributed by atoms with Gasteiger partial charge in [0, 0.05) is 10.6 Å². The fourth-order valence-corrected chi connectivity index (χ4v) is 2.38. The number of benzene rings is 2. The molecule has 100 valence electrons. The number of hydrogen-bond acceptors (Lipinski definition) is 1. The van der Waals surface area contributed by atoms with Gasteiger partial charge in [-0.2, -0.15) is 0 Å². The van der Waals surface area contributed by atoms with Gasteiger partial charge in [0.2, 0.25) is 0 Å². The minimum Gasteiger partial charge on any atom is -0.306 e. The summed E-state index contributed by atoms with van der Waals surface area (Å²) in [7, 11) is 0. The van der Waals surface area contributed by atoms with Crippen molar-refractivity contribution in [2.45, 2.75) is 19.4 Å². The van der Waals surface area contributed by atoms with Gasteiger partial charge in [0.1, 0.15) is 5.82 Å². The van der Waals surface area contributed by atoms with E-state index in [1.807, 2.05) is 30.3 Å². The molecule has 0 bridgehead atoms. The number of halogens is 2. The van der Waals surface area contributed by atoms with E-state index >= 15 is 0 Å². The van der Waals surface area contributed by atoms with E-state index in [4.69, 9.17) is 11.6 Å². The van der Waals surface area contributed by atoms with Crippen molar-refractivity contribution in [3.05, 3.63) is 70.5 Å². The molecule has 1 unspecified atom stereocenters. The lowest BCUT2D eigenvalue weighted by atomic mass is 9.98. The first-order chi connectivity index (χ1) is 9.24. The molecule has 0 aliphatic rings. The van der Waals surface area contributed by atoms with E-state index in [9.17, 15) is 4.39 Å². The summed E-state index contributed by atoms with van der Waals surface area (Å²) in [6.07, 6.45) is 0.982. The Labute approximate surface area is 118 Å². The van der Waals surface area contributed by atoms with Gasteiger partial charge in [0.05, 0.1) is 6.04 Å². The van der Waals surface area contributed by atoms with Crippen LogP contribution in [0.5, 0.6) is 0 Å². The molecule has 0 aliphatic carbocycles. The van der Waals surface area contributed by atoms with Crippen LogP contribution in [0.25, 0.3) is 0 Å². The van der Waals surface area contributed by atoms with Crippen LogP contribution in [-0.2, 0) is 0 Å². The first-order valence-electron chi connectivity index (χ1n) is 6.46. The van der Waals surface area contributed by atoms with Crippen LogP contribution < -0.4 is 5.32 Å². The van der Waals surface area contributed by atoms with Crippen molar-refractivity contribution >= 4 is 11.6 Å². The molecule has 1 atom stereocenters. The Morgan fingerprint density at radius 3 is 2.47 bits per heavy atom. The van der Waals surface area contributed by atoms with Crippen LogP contribution >= 0.6 is 11.6 Å². The second-order valence-corrected chi connectivity index (χ2v) is 4.84. The van der Waals surface area contributed by atoms with Gasteiger partial charge in [-0.3, -0.25) is 0 Å². The summed E-state index contributed by atoms with van der Waals surface area (Å²) in [5.41, 5.74) is 1.53. The van der Waals surface area contributed by atoms with Crippen LogP contribution in [0, 0.1) is 5.82 Å². The Morgan fingerprint density at radius 2 is 1.84 bits per heavy atom. The molecule has 1 N–H and O–H groups in total. The first kappa shape index (κ1) is 14.0. The van der Waals surface area contributed by atoms with Crippen molar-refractivity contribution in [2.75, 3.05) is 6.54 Å². The molecule has 0 saturated carbocycles. The summed E-state index contributed by atoms with van der Waals surface area (Å²) in [5.74, 6) is -0.273. The topological polar surface area (TPSA) is 12.0 Å². The number of hydrogen-bond donors (Lipinski definition) is 1. The maximum absolute atomic E-state index is 14.1. The van der Waals surface area contributed by atoms with Crippen molar-refractivity contribution in [1.29, 1.82) is 0 Å². The van der Waals surface area contributed by atoms with Crippen LogP contribution in [0.4, 0.5) is 4.39 Å². The Morgan fingerprint density at radius 1 is 1.11 bits per heavy atom. The molecular formula is C16H17ClFN. The minimum atomic E-state index is -0.273. The zero-order chi connectivity index (χ0) is 13.7. The lowest BCUT2D eigenvalue weighted by molar-refractivity contribution is 0.547. The molecule has 19 heavy (non-hydrogen) atoms. The highest BCUT2D eigenvalue weighted by atomic mass is 35.5. The molecule has 0 radical (unpaired) electrons. The molecule has 0 saturated heterocycles. The van der Waals surface area contributed by atoms with Crippen LogP contribution in [-0.4, -0.2) is 6.54 Å². The highest BCUT2D eigenvalue weighted by Gasteiger charge is 2.19. The summed E-state index contributed by atoms with van der Waals surface area (Å²) in [6, 6.07) is 14.4. The minimum absolute atomic E-state index is 0.213. The highest BCUT2D eigenvalue weighted by molar-refractivity contribution is 6.31. The van der Waals surface area contributed by atoms with Crippen molar-refractivity contribution < 1.29 is 4.39 Å². The van der Waals surface area contributed by atoms with Crippen LogP contribution in [0.15, 0.2) is 48.5 Å². The van der Waals surface area contributed by atoms with E-state index in [0.29, 0.717) is 10.6 Å². The maximum atomic E-state index is 14.1. The van der Waals surface area contributed by atoms with Gasteiger partial charge in [0.15, 0.2) is 0 Å². The molecule has 0 heterocycles. The third-order valence-corrected chi connectivity index (χ3v) is 3.35. The average molecular weight is 278 g/mol. The molecule has 3 heteroatoms. The van der Waals surface area contributed by atoms with Crippen molar-refractivity contribution in [3.8, 4) is 0 Å². The monoisotopic (exact) mass is 277 g/mol. The Balaban J connectivity index is 2.43. The zero-order valence-electron chi connectivity index (χ0n) is 10.9. The van der Waals surface area contributed by atoms with E-state index < -0.39 is 0 Å². The molecule has 2 aromatic carbocycles. The molecule has 0 spiro atoms. The predicted molar refractivity (Wildman–Crippen MR) is 78.0 cm³/mol. The fraction of sp³-hybridized carbons (Fsp3) is 0.250. The summed E-state index contributed by atoms with van der Waals surface area (Å²) >= 11 is 6.17. The maximum Gasteiger partial charge on any atom is 0.129 e. The Bertz CT molecular complexity index is 507. The van der Waals surface area contributed by atoms with Crippen molar-refractivity contribution in [3.63, 3.8) is 0 Å². The van der Waals surface area contributed by atoms with Gasteiger partial charge in [-0.25, -0.2) is 4.39 Å². The van der Waals surface area contributed by atoms with Gasteiger partial charge < -0.3 is 5.32 Å². The summed E-state index contributed by atoms with van der Waals surface area (Å²) < 4.78 is 14.1. The SMILES string of the molecule is CCCNC(c1ccccc1)c1c(F)cccc1Cl. The number of rotatable bonds is 5. The second-order valence-electron chi connectivity index (χ2n) is 4.43. The smallest absolute Gasteiger partial charge is 0.129 e. The normalized spacial score (nSPS) is 12.4. The second kappa shape index (κ2) is 6.69. The van der Waals surface area contributed by atoms with Crippen LogP contribution in [0.2, 0.25) is 5.02 Å². The van der Waals surface area contributed by atoms with Gasteiger partial charge in [0.25, 0.3) is 0 Å². The van der Waals surface area contributed by atoms with Gasteiger partial charge in [-0.05, 0) is 30.7 Å². The molecule has 1 nitrogen and oxygen atoms in total. The largest absolute Gasteiger partial charge is 0.306 e. The van der Waals surface area contributed by atoms with E-state index in [-0.39, 0.29) is 11.9 Å². The van der Waals surface area contributed by atoms with E-state index in [1.165, 1.54) is 6.07 Å². The van der Waals surface area contributed by atoms with Gasteiger partial charge in [-0.15, -0.1) is 0 Å². The fourth-order valence-electron chi connectivity index (χ4n) is 2.11. The highest BCUT2D eigenvalue weighted by Crippen LogP contribution is 2.30. The van der Waals surface area contributed by atoms with E-state index in [2.05, 4.69) is 12.2 Å². The van der Waals surface area contributed by atoms with Crippen molar-refractivity contribution in [2.24, 2.45) is 0 Å². The predicted octanol–water partition coefficient (Wildman–Crippen LogP) is 4.57. The summed E-state index contributed by atoms with van der Waals surface area (Å²) in [6.45, 7) is 2.89. The molecular weight excluding hydrogens is 261 g/mol. The molecule has 0 aromatic heterocycles. The third kappa shape index (κ3) is 3.34. The lowest BCUT2D eigenvalue weighted by Gasteiger charge is -2.21. The lowest BCUT2D eigenvalue weighted by Crippen LogP contribution is -2.24. The van der Waals surface area contributed by atoms with Gasteiger partial charge >= 0.3 is 0 Å². The molecule has 0 aliphatic heterocycles.